The number of anilines is 1. The second kappa shape index (κ2) is 6.75. The maximum absolute atomic E-state index is 4.62. The highest BCUT2D eigenvalue weighted by molar-refractivity contribution is 5.38. The van der Waals surface area contributed by atoms with Crippen molar-refractivity contribution in [3.8, 4) is 0 Å². The summed E-state index contributed by atoms with van der Waals surface area (Å²) in [6, 6.07) is 4.67. The molecule has 0 aromatic carbocycles. The minimum absolute atomic E-state index is 0.462. The summed E-state index contributed by atoms with van der Waals surface area (Å²) in [5, 5.41) is 17.7. The molecule has 0 spiro atoms. The third-order valence-corrected chi connectivity index (χ3v) is 5.56. The van der Waals surface area contributed by atoms with Gasteiger partial charge in [-0.3, -0.25) is 0 Å². The van der Waals surface area contributed by atoms with Crippen LogP contribution in [-0.2, 0) is 6.54 Å². The first-order valence-corrected chi connectivity index (χ1v) is 9.72. The topological polar surface area (TPSA) is 77.5 Å². The number of imidazole rings is 1. The third-order valence-electron chi connectivity index (χ3n) is 5.56. The van der Waals surface area contributed by atoms with E-state index < -0.39 is 0 Å². The van der Waals surface area contributed by atoms with Crippen molar-refractivity contribution in [2.75, 3.05) is 18.0 Å². The van der Waals surface area contributed by atoms with Gasteiger partial charge in [0.2, 0.25) is 0 Å². The van der Waals surface area contributed by atoms with Gasteiger partial charge in [-0.25, -0.2) is 4.98 Å². The molecule has 1 saturated heterocycles. The van der Waals surface area contributed by atoms with Crippen LogP contribution in [0.15, 0.2) is 30.9 Å². The molecule has 1 saturated carbocycles. The van der Waals surface area contributed by atoms with E-state index in [1.54, 1.807) is 0 Å². The monoisotopic (exact) mass is 364 g/mol. The maximum Gasteiger partial charge on any atom is 0.153 e. The van der Waals surface area contributed by atoms with Gasteiger partial charge in [-0.2, -0.15) is 5.10 Å². The Bertz CT molecular complexity index is 886. The van der Waals surface area contributed by atoms with Gasteiger partial charge in [-0.15, -0.1) is 15.3 Å². The summed E-state index contributed by atoms with van der Waals surface area (Å²) in [5.74, 6) is 3.66. The van der Waals surface area contributed by atoms with Crippen molar-refractivity contribution >= 4 is 5.82 Å². The number of hydrogen-bond acceptors (Lipinski definition) is 6. The van der Waals surface area contributed by atoms with Gasteiger partial charge in [-0.05, 0) is 44.7 Å². The molecule has 3 aromatic rings. The van der Waals surface area contributed by atoms with Crippen molar-refractivity contribution in [1.29, 1.82) is 0 Å². The molecule has 5 rings (SSSR count). The number of aromatic nitrogens is 7. The molecule has 0 N–H and O–H groups in total. The molecule has 0 radical (unpaired) electrons. The van der Waals surface area contributed by atoms with E-state index in [9.17, 15) is 0 Å². The van der Waals surface area contributed by atoms with Crippen molar-refractivity contribution in [3.05, 3.63) is 48.2 Å². The van der Waals surface area contributed by atoms with Gasteiger partial charge in [0.15, 0.2) is 11.6 Å². The smallest absolute Gasteiger partial charge is 0.153 e. The molecule has 2 aliphatic rings. The van der Waals surface area contributed by atoms with Gasteiger partial charge in [0.05, 0.1) is 18.6 Å². The van der Waals surface area contributed by atoms with Gasteiger partial charge in [0.25, 0.3) is 0 Å². The lowest BCUT2D eigenvalue weighted by Gasteiger charge is -2.32. The summed E-state index contributed by atoms with van der Waals surface area (Å²) in [4.78, 5) is 6.46. The van der Waals surface area contributed by atoms with E-state index in [4.69, 9.17) is 0 Å². The molecular formula is C19H24N8. The van der Waals surface area contributed by atoms with E-state index in [-0.39, 0.29) is 0 Å². The third kappa shape index (κ3) is 3.31. The average molecular weight is 364 g/mol. The Morgan fingerprint density at radius 3 is 2.52 bits per heavy atom. The average Bonchev–Trinajstić information content (AvgIpc) is 3.24. The number of nitrogens with zero attached hydrogens (tertiary/aromatic N) is 8. The summed E-state index contributed by atoms with van der Waals surface area (Å²) in [7, 11) is 0. The van der Waals surface area contributed by atoms with Crippen LogP contribution in [0.2, 0.25) is 0 Å². The molecule has 1 aliphatic carbocycles. The standard InChI is InChI=1S/C19H24N8/c1-14-2-5-17(22-21-14)26-9-6-15(7-10-26)19-24-23-18(27(19)16-3-4-16)12-25-11-8-20-13-25/h2,5,8,11,13,15-16H,3-4,6-7,9-10,12H2,1H3. The van der Waals surface area contributed by atoms with Crippen LogP contribution < -0.4 is 4.90 Å². The molecule has 0 atom stereocenters. The minimum atomic E-state index is 0.462. The normalized spacial score (nSPS) is 18.2. The minimum Gasteiger partial charge on any atom is -0.355 e. The van der Waals surface area contributed by atoms with E-state index >= 15 is 0 Å². The lowest BCUT2D eigenvalue weighted by atomic mass is 9.95. The van der Waals surface area contributed by atoms with Gasteiger partial charge < -0.3 is 14.0 Å². The molecule has 0 bridgehead atoms. The van der Waals surface area contributed by atoms with Crippen molar-refractivity contribution < 1.29 is 0 Å². The predicted octanol–water partition coefficient (Wildman–Crippen LogP) is 2.34. The first-order chi connectivity index (χ1) is 13.3. The van der Waals surface area contributed by atoms with Crippen LogP contribution in [0, 0.1) is 6.92 Å². The first kappa shape index (κ1) is 16.4. The van der Waals surface area contributed by atoms with Crippen molar-refractivity contribution in [2.45, 2.75) is 51.1 Å². The molecule has 2 fully saturated rings. The SMILES string of the molecule is Cc1ccc(N2CCC(c3nnc(Cn4ccnc4)n3C3CC3)CC2)nn1. The van der Waals surface area contributed by atoms with Crippen LogP contribution >= 0.6 is 0 Å². The molecule has 8 nitrogen and oxygen atoms in total. The van der Waals surface area contributed by atoms with E-state index in [1.807, 2.05) is 31.7 Å². The van der Waals surface area contributed by atoms with Gasteiger partial charge in [-0.1, -0.05) is 0 Å². The molecule has 27 heavy (non-hydrogen) atoms. The lowest BCUT2D eigenvalue weighted by molar-refractivity contribution is 0.459. The van der Waals surface area contributed by atoms with Crippen molar-refractivity contribution in [1.82, 2.24) is 34.5 Å². The maximum atomic E-state index is 4.62. The summed E-state index contributed by atoms with van der Waals surface area (Å²) < 4.78 is 4.47. The largest absolute Gasteiger partial charge is 0.355 e. The zero-order valence-electron chi connectivity index (χ0n) is 15.6. The molecule has 1 aliphatic heterocycles. The second-order valence-electron chi connectivity index (χ2n) is 7.60. The predicted molar refractivity (Wildman–Crippen MR) is 101 cm³/mol. The van der Waals surface area contributed by atoms with Gasteiger partial charge >= 0.3 is 0 Å². The highest BCUT2D eigenvalue weighted by Crippen LogP contribution is 2.40. The molecule has 8 heteroatoms. The summed E-state index contributed by atoms with van der Waals surface area (Å²) in [6.45, 7) is 4.67. The molecule has 4 heterocycles. The Morgan fingerprint density at radius 1 is 1.00 bits per heavy atom. The highest BCUT2D eigenvalue weighted by Gasteiger charge is 2.33. The quantitative estimate of drug-likeness (QED) is 0.691. The zero-order chi connectivity index (χ0) is 18.2. The molecule has 140 valence electrons. The van der Waals surface area contributed by atoms with Crippen LogP contribution in [0.5, 0.6) is 0 Å². The van der Waals surface area contributed by atoms with Gasteiger partial charge in [0.1, 0.15) is 5.82 Å². The van der Waals surface area contributed by atoms with Crippen molar-refractivity contribution in [3.63, 3.8) is 0 Å². The zero-order valence-corrected chi connectivity index (χ0v) is 15.6. The van der Waals surface area contributed by atoms with Crippen LogP contribution in [-0.4, -0.2) is 47.6 Å². The van der Waals surface area contributed by atoms with Crippen LogP contribution in [0.3, 0.4) is 0 Å². The molecule has 0 amide bonds. The summed E-state index contributed by atoms with van der Waals surface area (Å²) >= 11 is 0. The van der Waals surface area contributed by atoms with E-state index in [0.717, 1.165) is 49.8 Å². The number of rotatable bonds is 5. The summed E-state index contributed by atoms with van der Waals surface area (Å²) in [6.07, 6.45) is 10.2. The van der Waals surface area contributed by atoms with Crippen LogP contribution in [0.1, 0.15) is 55.0 Å². The number of piperidine rings is 1. The van der Waals surface area contributed by atoms with E-state index in [0.29, 0.717) is 12.0 Å². The van der Waals surface area contributed by atoms with E-state index in [1.165, 1.54) is 18.7 Å². The second-order valence-corrected chi connectivity index (χ2v) is 7.60. The summed E-state index contributed by atoms with van der Waals surface area (Å²) in [5.41, 5.74) is 0.955. The first-order valence-electron chi connectivity index (χ1n) is 9.72. The Morgan fingerprint density at radius 2 is 1.85 bits per heavy atom. The highest BCUT2D eigenvalue weighted by atomic mass is 15.3. The van der Waals surface area contributed by atoms with Crippen molar-refractivity contribution in [2.24, 2.45) is 0 Å². The fraction of sp³-hybridized carbons (Fsp3) is 0.526. The van der Waals surface area contributed by atoms with Gasteiger partial charge in [0, 0.05) is 37.4 Å². The van der Waals surface area contributed by atoms with Crippen LogP contribution in [0.4, 0.5) is 5.82 Å². The number of hydrogen-bond donors (Lipinski definition) is 0. The van der Waals surface area contributed by atoms with Crippen LogP contribution in [0.25, 0.3) is 0 Å². The fourth-order valence-corrected chi connectivity index (χ4v) is 3.93. The fourth-order valence-electron chi connectivity index (χ4n) is 3.93. The van der Waals surface area contributed by atoms with E-state index in [2.05, 4.69) is 45.5 Å². The Hall–Kier alpha value is -2.77. The lowest BCUT2D eigenvalue weighted by Crippen LogP contribution is -2.34. The molecular weight excluding hydrogens is 340 g/mol. The Kier molecular flexibility index (Phi) is 4.10. The number of aryl methyl sites for hydroxylation is 1. The molecule has 0 unspecified atom stereocenters. The Labute approximate surface area is 158 Å². The molecule has 3 aromatic heterocycles. The Balaban J connectivity index is 1.32.